The number of carboxylic acids is 1. The molecule has 3 heterocycles. The molecule has 2 aliphatic heterocycles. The number of carbonyl (C=O) groups excluding carboxylic acids is 2. The van der Waals surface area contributed by atoms with Crippen LogP contribution in [0.2, 0.25) is 6.32 Å². The quantitative estimate of drug-likeness (QED) is 0.135. The van der Waals surface area contributed by atoms with Crippen molar-refractivity contribution in [3.8, 4) is 0 Å². The zero-order valence-electron chi connectivity index (χ0n) is 23.3. The molecule has 0 saturated carbocycles. The molecule has 0 radical (unpaired) electrons. The number of ether oxygens (including phenoxy) is 1. The first-order valence-corrected chi connectivity index (χ1v) is 14.3. The molecule has 0 unspecified atom stereocenters. The molecule has 2 fully saturated rings. The first-order valence-electron chi connectivity index (χ1n) is 14.3. The van der Waals surface area contributed by atoms with Gasteiger partial charge in [0.25, 0.3) is 0 Å². The summed E-state index contributed by atoms with van der Waals surface area (Å²) < 4.78 is 17.2. The molecule has 10 nitrogen and oxygen atoms in total. The monoisotopic (exact) mass is 557 g/mol. The maximum atomic E-state index is 13.6. The number of aliphatic hydroxyl groups excluding tert-OH is 1. The number of hydrogen-bond acceptors (Lipinski definition) is 8. The van der Waals surface area contributed by atoms with Crippen LogP contribution in [0, 0.1) is 17.8 Å². The van der Waals surface area contributed by atoms with Crippen LogP contribution in [0.1, 0.15) is 69.8 Å². The van der Waals surface area contributed by atoms with Crippen LogP contribution in [0.25, 0.3) is 6.08 Å². The fourth-order valence-corrected chi connectivity index (χ4v) is 6.50. The molecule has 1 aromatic heterocycles. The van der Waals surface area contributed by atoms with Gasteiger partial charge in [-0.2, -0.15) is 0 Å². The molecule has 2 saturated heterocycles. The number of carboxylic acid groups (broad SMARTS) is 1. The van der Waals surface area contributed by atoms with Crippen molar-refractivity contribution in [3.05, 3.63) is 40.4 Å². The average Bonchev–Trinajstić information content (AvgIpc) is 3.48. The van der Waals surface area contributed by atoms with E-state index < -0.39 is 31.0 Å². The zero-order chi connectivity index (χ0) is 28.8. The largest absolute Gasteiger partial charge is 0.481 e. The molecule has 3 N–H and O–H groups in total. The number of aliphatic carboxylic acids is 1. The van der Waals surface area contributed by atoms with Gasteiger partial charge in [-0.25, -0.2) is 0 Å². The first-order chi connectivity index (χ1) is 19.3. The van der Waals surface area contributed by atoms with E-state index >= 15 is 0 Å². The van der Waals surface area contributed by atoms with Gasteiger partial charge in [-0.1, -0.05) is 18.9 Å². The third-order valence-electron chi connectivity index (χ3n) is 8.36. The number of nitrogens with zero attached hydrogens (tertiary/aromatic N) is 1. The molecule has 4 rings (SSSR count). The number of likely N-dealkylation sites (tertiary alicyclic amines) is 1. The number of allylic oxidation sites excluding steroid dienone is 1. The number of aliphatic hydroxyl groups is 1. The van der Waals surface area contributed by atoms with Crippen LogP contribution in [0.3, 0.4) is 0 Å². The van der Waals surface area contributed by atoms with E-state index in [0.29, 0.717) is 56.7 Å². The van der Waals surface area contributed by atoms with E-state index in [2.05, 4.69) is 6.92 Å². The van der Waals surface area contributed by atoms with Gasteiger partial charge in [-0.05, 0) is 80.1 Å². The Morgan fingerprint density at radius 1 is 1.18 bits per heavy atom. The molecule has 40 heavy (non-hydrogen) atoms. The molecule has 0 bridgehead atoms. The summed E-state index contributed by atoms with van der Waals surface area (Å²) in [5.41, 5.74) is 3.08. The van der Waals surface area contributed by atoms with Gasteiger partial charge in [0, 0.05) is 20.1 Å². The van der Waals surface area contributed by atoms with Gasteiger partial charge in [0.1, 0.15) is 18.1 Å². The zero-order valence-corrected chi connectivity index (χ0v) is 23.3. The molecule has 0 aromatic carbocycles. The van der Waals surface area contributed by atoms with Crippen molar-refractivity contribution < 1.29 is 43.4 Å². The second-order valence-corrected chi connectivity index (χ2v) is 10.9. The number of fused-ring (bicyclic) bond motifs is 3. The number of amides is 2. The lowest BCUT2D eigenvalue weighted by Gasteiger charge is -2.43. The second-order valence-electron chi connectivity index (χ2n) is 10.9. The lowest BCUT2D eigenvalue weighted by molar-refractivity contribution is -0.141. The number of carbonyl (C=O) groups is 3. The molecule has 11 heteroatoms. The molecule has 218 valence electrons. The van der Waals surface area contributed by atoms with Crippen molar-refractivity contribution in [2.45, 2.75) is 77.3 Å². The number of unbranched alkanes of at least 4 members (excludes halogenated alkanes) is 2. The fourth-order valence-electron chi connectivity index (χ4n) is 6.50. The molecule has 2 amide bonds. The number of rotatable bonds is 14. The Bertz CT molecular complexity index is 1140. The van der Waals surface area contributed by atoms with Gasteiger partial charge >= 0.3 is 13.1 Å². The maximum absolute atomic E-state index is 13.6. The first kappa shape index (κ1) is 30.2. The topological polar surface area (TPSA) is 147 Å². The minimum atomic E-state index is -1.04. The Morgan fingerprint density at radius 2 is 1.98 bits per heavy atom. The Balaban J connectivity index is 1.51. The van der Waals surface area contributed by atoms with Crippen molar-refractivity contribution in [1.82, 2.24) is 4.90 Å². The van der Waals surface area contributed by atoms with E-state index in [-0.39, 0.29) is 43.6 Å². The third-order valence-corrected chi connectivity index (χ3v) is 8.36. The van der Waals surface area contributed by atoms with Gasteiger partial charge in [0.15, 0.2) is 0 Å². The highest BCUT2D eigenvalue weighted by atomic mass is 16.5. The number of hydrogen-bond donors (Lipinski definition) is 3. The predicted molar refractivity (Wildman–Crippen MR) is 147 cm³/mol. The Morgan fingerprint density at radius 3 is 2.65 bits per heavy atom. The van der Waals surface area contributed by atoms with E-state index in [1.165, 1.54) is 4.90 Å². The van der Waals surface area contributed by atoms with E-state index in [0.717, 1.165) is 23.1 Å². The third kappa shape index (κ3) is 6.76. The minimum absolute atomic E-state index is 0.0717. The van der Waals surface area contributed by atoms with Gasteiger partial charge in [0.05, 0.1) is 24.5 Å². The Kier molecular flexibility index (Phi) is 10.4. The SMILES string of the molecule is CC/C(=C\c1ccc(CO)o1)CC[C@H]1OB(O)C[C@H]2C1=C(COC)C[C@H]1C(=O)N(CCCCCC(=O)O)C(=O)[C@H]12. The second kappa shape index (κ2) is 13.8. The summed E-state index contributed by atoms with van der Waals surface area (Å²) in [6, 6.07) is 3.56. The molecule has 1 aliphatic carbocycles. The molecule has 1 aromatic rings. The van der Waals surface area contributed by atoms with Crippen LogP contribution in [-0.2, 0) is 30.4 Å². The summed E-state index contributed by atoms with van der Waals surface area (Å²) in [5.74, 6) is -1.40. The molecule has 3 aliphatic rings. The van der Waals surface area contributed by atoms with Crippen LogP contribution < -0.4 is 0 Å². The smallest absolute Gasteiger partial charge is 0.455 e. The highest BCUT2D eigenvalue weighted by Crippen LogP contribution is 2.50. The van der Waals surface area contributed by atoms with Gasteiger partial charge in [0.2, 0.25) is 11.8 Å². The minimum Gasteiger partial charge on any atom is -0.481 e. The van der Waals surface area contributed by atoms with Gasteiger partial charge < -0.3 is 29.0 Å². The highest BCUT2D eigenvalue weighted by molar-refractivity contribution is 6.43. The van der Waals surface area contributed by atoms with E-state index in [9.17, 15) is 24.5 Å². The number of imide groups is 1. The van der Waals surface area contributed by atoms with Crippen molar-refractivity contribution in [3.63, 3.8) is 0 Å². The van der Waals surface area contributed by atoms with Crippen molar-refractivity contribution in [2.75, 3.05) is 20.3 Å². The maximum Gasteiger partial charge on any atom is 0.455 e. The van der Waals surface area contributed by atoms with Crippen LogP contribution in [0.4, 0.5) is 0 Å². The summed E-state index contributed by atoms with van der Waals surface area (Å²) in [6.07, 6.45) is 6.06. The van der Waals surface area contributed by atoms with Crippen LogP contribution in [0.15, 0.2) is 33.3 Å². The predicted octanol–water partition coefficient (Wildman–Crippen LogP) is 3.43. The molecule has 4 atom stereocenters. The van der Waals surface area contributed by atoms with Crippen molar-refractivity contribution >= 4 is 31.0 Å². The van der Waals surface area contributed by atoms with Crippen LogP contribution in [-0.4, -0.2) is 71.4 Å². The summed E-state index contributed by atoms with van der Waals surface area (Å²) >= 11 is 0. The summed E-state index contributed by atoms with van der Waals surface area (Å²) in [7, 11) is 0.565. The van der Waals surface area contributed by atoms with Gasteiger partial charge in [-0.3, -0.25) is 19.3 Å². The lowest BCUT2D eigenvalue weighted by atomic mass is 9.58. The van der Waals surface area contributed by atoms with Crippen LogP contribution in [0.5, 0.6) is 0 Å². The number of furan rings is 1. The van der Waals surface area contributed by atoms with E-state index in [4.69, 9.17) is 18.9 Å². The lowest BCUT2D eigenvalue weighted by Crippen LogP contribution is -2.46. The summed E-state index contributed by atoms with van der Waals surface area (Å²) in [4.78, 5) is 39.1. The van der Waals surface area contributed by atoms with E-state index in [1.54, 1.807) is 13.2 Å². The molecular formula is C29H40BNO9. The normalized spacial score (nSPS) is 25.1. The summed E-state index contributed by atoms with van der Waals surface area (Å²) in [6.45, 7) is 2.51. The van der Waals surface area contributed by atoms with E-state index in [1.807, 2.05) is 12.1 Å². The number of methoxy groups -OCH3 is 1. The standard InChI is InChI=1S/C29H40BNO9/c1-3-18(13-20-9-10-21(16-32)39-20)8-11-24-26-19(17-38-2)14-22-27(23(26)15-30(37)40-24)29(36)31(28(22)35)12-6-4-5-7-25(33)34/h9-10,13,22-24,27,32,37H,3-8,11-12,14-17H2,1-2H3,(H,33,34)/b18-13+/t22-,23+,24-,27-/m1/s1. The Hall–Kier alpha value is -2.73. The van der Waals surface area contributed by atoms with Crippen molar-refractivity contribution in [2.24, 2.45) is 17.8 Å². The van der Waals surface area contributed by atoms with Crippen molar-refractivity contribution in [1.29, 1.82) is 0 Å². The average molecular weight is 557 g/mol. The Labute approximate surface area is 235 Å². The molecular weight excluding hydrogens is 517 g/mol. The summed E-state index contributed by atoms with van der Waals surface area (Å²) in [5, 5.41) is 28.8. The molecule has 0 spiro atoms. The highest BCUT2D eigenvalue weighted by Gasteiger charge is 2.57. The van der Waals surface area contributed by atoms with Crippen LogP contribution >= 0.6 is 0 Å². The van der Waals surface area contributed by atoms with Gasteiger partial charge in [-0.15, -0.1) is 0 Å². The fraction of sp³-hybridized carbons (Fsp3) is 0.621.